The van der Waals surface area contributed by atoms with Gasteiger partial charge in [-0.05, 0) is 25.0 Å². The number of carbonyl (C=O) groups is 2. The molecule has 0 fully saturated rings. The minimum absolute atomic E-state index is 0.0306. The lowest BCUT2D eigenvalue weighted by atomic mass is 10.00. The summed E-state index contributed by atoms with van der Waals surface area (Å²) in [6, 6.07) is 4.88. The molecule has 1 aromatic carbocycles. The second-order valence-electron chi connectivity index (χ2n) is 4.90. The average molecular weight is 277 g/mol. The van der Waals surface area contributed by atoms with Gasteiger partial charge in [-0.1, -0.05) is 12.1 Å². The number of hydrogen-bond acceptors (Lipinski definition) is 4. The number of aryl methyl sites for hydroxylation is 1. The van der Waals surface area contributed by atoms with E-state index in [0.29, 0.717) is 30.8 Å². The predicted molar refractivity (Wildman–Crippen MR) is 73.9 cm³/mol. The van der Waals surface area contributed by atoms with Gasteiger partial charge < -0.3 is 15.2 Å². The van der Waals surface area contributed by atoms with Gasteiger partial charge in [0.25, 0.3) is 0 Å². The van der Waals surface area contributed by atoms with E-state index in [0.717, 1.165) is 5.56 Å². The van der Waals surface area contributed by atoms with Gasteiger partial charge >= 0.3 is 0 Å². The van der Waals surface area contributed by atoms with E-state index in [9.17, 15) is 9.59 Å². The molecule has 1 aliphatic heterocycles. The third kappa shape index (κ3) is 3.17. The van der Waals surface area contributed by atoms with E-state index >= 15 is 0 Å². The van der Waals surface area contributed by atoms with Gasteiger partial charge in [0.2, 0.25) is 5.91 Å². The van der Waals surface area contributed by atoms with E-state index in [1.807, 2.05) is 19.1 Å². The van der Waals surface area contributed by atoms with E-state index < -0.39 is 6.04 Å². The van der Waals surface area contributed by atoms with E-state index in [1.54, 1.807) is 6.07 Å². The van der Waals surface area contributed by atoms with Crippen molar-refractivity contribution in [2.24, 2.45) is 0 Å². The molecular formula is C15H19NO4. The zero-order valence-electron chi connectivity index (χ0n) is 11.5. The lowest BCUT2D eigenvalue weighted by Gasteiger charge is -2.14. The lowest BCUT2D eigenvalue weighted by Crippen LogP contribution is -2.40. The molecule has 0 radical (unpaired) electrons. The molecule has 1 aliphatic rings. The first-order valence-corrected chi connectivity index (χ1v) is 6.80. The lowest BCUT2D eigenvalue weighted by molar-refractivity contribution is -0.121. The second kappa shape index (κ2) is 6.52. The van der Waals surface area contributed by atoms with Crippen molar-refractivity contribution in [2.45, 2.75) is 32.2 Å². The molecule has 1 atom stereocenters. The van der Waals surface area contributed by atoms with Gasteiger partial charge in [0, 0.05) is 19.4 Å². The van der Waals surface area contributed by atoms with Crippen LogP contribution in [0.1, 0.15) is 35.2 Å². The maximum atomic E-state index is 12.5. The molecular weight excluding hydrogens is 258 g/mol. The number of aliphatic hydroxyl groups excluding tert-OH is 1. The van der Waals surface area contributed by atoms with Gasteiger partial charge in [-0.2, -0.15) is 0 Å². The zero-order valence-corrected chi connectivity index (χ0v) is 11.5. The second-order valence-corrected chi connectivity index (χ2v) is 4.90. The van der Waals surface area contributed by atoms with Gasteiger partial charge in [0.15, 0.2) is 5.78 Å². The molecule has 0 spiro atoms. The molecule has 20 heavy (non-hydrogen) atoms. The maximum absolute atomic E-state index is 12.5. The summed E-state index contributed by atoms with van der Waals surface area (Å²) < 4.78 is 5.63. The smallest absolute Gasteiger partial charge is 0.220 e. The summed E-state index contributed by atoms with van der Waals surface area (Å²) in [5, 5.41) is 11.4. The quantitative estimate of drug-likeness (QED) is 0.867. The number of nitrogens with one attached hydrogen (secondary N) is 1. The van der Waals surface area contributed by atoms with Gasteiger partial charge in [0.05, 0.1) is 18.2 Å². The van der Waals surface area contributed by atoms with Crippen LogP contribution in [0.4, 0.5) is 0 Å². The Hall–Kier alpha value is -1.88. The summed E-state index contributed by atoms with van der Waals surface area (Å²) in [4.78, 5) is 24.1. The highest BCUT2D eigenvalue weighted by atomic mass is 16.5. The number of hydrogen-bond donors (Lipinski definition) is 2. The number of carbonyl (C=O) groups excluding carboxylic acids is 2. The summed E-state index contributed by atoms with van der Waals surface area (Å²) in [5.74, 6) is 0.289. The molecule has 0 bridgehead atoms. The minimum Gasteiger partial charge on any atom is -0.492 e. The molecule has 2 N–H and O–H groups in total. The first kappa shape index (κ1) is 14.5. The van der Waals surface area contributed by atoms with Crippen molar-refractivity contribution < 1.29 is 19.4 Å². The van der Waals surface area contributed by atoms with Crippen LogP contribution in [0, 0.1) is 6.92 Å². The molecule has 0 saturated heterocycles. The topological polar surface area (TPSA) is 75.6 Å². The Morgan fingerprint density at radius 3 is 3.05 bits per heavy atom. The fraction of sp³-hybridized carbons (Fsp3) is 0.467. The van der Waals surface area contributed by atoms with E-state index in [-0.39, 0.29) is 24.7 Å². The number of Topliss-reactive ketones (excluding diaryl/α,β-unsaturated/α-hetero) is 1. The van der Waals surface area contributed by atoms with Crippen molar-refractivity contribution in [3.05, 3.63) is 29.3 Å². The van der Waals surface area contributed by atoms with Crippen LogP contribution in [0.5, 0.6) is 5.75 Å². The largest absolute Gasteiger partial charge is 0.492 e. The fourth-order valence-corrected chi connectivity index (χ4v) is 2.28. The Labute approximate surface area is 117 Å². The predicted octanol–water partition coefficient (Wildman–Crippen LogP) is 1.22. The van der Waals surface area contributed by atoms with Gasteiger partial charge in [-0.15, -0.1) is 0 Å². The number of aliphatic hydroxyl groups is 1. The van der Waals surface area contributed by atoms with E-state index in [1.165, 1.54) is 0 Å². The first-order chi connectivity index (χ1) is 9.63. The molecule has 108 valence electrons. The molecule has 1 amide bonds. The van der Waals surface area contributed by atoms with Crippen LogP contribution in [-0.2, 0) is 4.79 Å². The zero-order chi connectivity index (χ0) is 14.5. The Morgan fingerprint density at radius 1 is 1.50 bits per heavy atom. The Balaban J connectivity index is 2.13. The number of ether oxygens (including phenoxy) is 1. The van der Waals surface area contributed by atoms with Crippen LogP contribution < -0.4 is 10.1 Å². The van der Waals surface area contributed by atoms with Crippen molar-refractivity contribution in [2.75, 3.05) is 13.2 Å². The van der Waals surface area contributed by atoms with Gasteiger partial charge in [-0.25, -0.2) is 0 Å². The monoisotopic (exact) mass is 277 g/mol. The number of ketones is 1. The average Bonchev–Trinajstić information content (AvgIpc) is 2.59. The van der Waals surface area contributed by atoms with Crippen molar-refractivity contribution in [1.82, 2.24) is 5.32 Å². The van der Waals surface area contributed by atoms with E-state index in [2.05, 4.69) is 5.32 Å². The molecule has 5 heteroatoms. The molecule has 5 nitrogen and oxygen atoms in total. The fourth-order valence-electron chi connectivity index (χ4n) is 2.28. The summed E-state index contributed by atoms with van der Waals surface area (Å²) in [6.45, 7) is 2.26. The Bertz CT molecular complexity index is 513. The van der Waals surface area contributed by atoms with Crippen molar-refractivity contribution in [3.8, 4) is 5.75 Å². The standard InChI is InChI=1S/C15H19NO4/c1-10-4-2-5-11-14(19)12(7-9-20-15(10)11)16-13(18)6-3-8-17/h2,4-5,12,17H,3,6-9H2,1H3,(H,16,18). The van der Waals surface area contributed by atoms with Crippen molar-refractivity contribution >= 4 is 11.7 Å². The molecule has 1 unspecified atom stereocenters. The molecule has 0 aliphatic carbocycles. The molecule has 1 heterocycles. The summed E-state index contributed by atoms with van der Waals surface area (Å²) in [6.07, 6.45) is 1.08. The number of rotatable bonds is 4. The minimum atomic E-state index is -0.552. The van der Waals surface area contributed by atoms with Crippen LogP contribution >= 0.6 is 0 Å². The first-order valence-electron chi connectivity index (χ1n) is 6.80. The maximum Gasteiger partial charge on any atom is 0.220 e. The normalized spacial score (nSPS) is 17.9. The van der Waals surface area contributed by atoms with Crippen molar-refractivity contribution in [1.29, 1.82) is 0 Å². The van der Waals surface area contributed by atoms with Crippen LogP contribution in [0.2, 0.25) is 0 Å². The Morgan fingerprint density at radius 2 is 2.30 bits per heavy atom. The van der Waals surface area contributed by atoms with E-state index in [4.69, 9.17) is 9.84 Å². The number of fused-ring (bicyclic) bond motifs is 1. The highest BCUT2D eigenvalue weighted by Crippen LogP contribution is 2.27. The number of para-hydroxylation sites is 1. The molecule has 1 aromatic rings. The van der Waals surface area contributed by atoms with Crippen LogP contribution in [-0.4, -0.2) is 36.1 Å². The third-order valence-electron chi connectivity index (χ3n) is 3.34. The Kier molecular flexibility index (Phi) is 4.74. The summed E-state index contributed by atoms with van der Waals surface area (Å²) in [5.41, 5.74) is 1.44. The van der Waals surface area contributed by atoms with Crippen molar-refractivity contribution in [3.63, 3.8) is 0 Å². The highest BCUT2D eigenvalue weighted by Gasteiger charge is 2.28. The highest BCUT2D eigenvalue weighted by molar-refractivity contribution is 6.04. The third-order valence-corrected chi connectivity index (χ3v) is 3.34. The van der Waals surface area contributed by atoms with Crippen LogP contribution in [0.3, 0.4) is 0 Å². The summed E-state index contributed by atoms with van der Waals surface area (Å²) in [7, 11) is 0. The molecule has 0 aromatic heterocycles. The van der Waals surface area contributed by atoms with Crippen LogP contribution in [0.15, 0.2) is 18.2 Å². The molecule has 0 saturated carbocycles. The summed E-state index contributed by atoms with van der Waals surface area (Å²) >= 11 is 0. The van der Waals surface area contributed by atoms with Gasteiger partial charge in [-0.3, -0.25) is 9.59 Å². The van der Waals surface area contributed by atoms with Crippen LogP contribution in [0.25, 0.3) is 0 Å². The number of amides is 1. The van der Waals surface area contributed by atoms with Gasteiger partial charge in [0.1, 0.15) is 5.75 Å². The SMILES string of the molecule is Cc1cccc2c1OCCC(NC(=O)CCCO)C2=O. The molecule has 2 rings (SSSR count). The number of benzene rings is 1.